The van der Waals surface area contributed by atoms with E-state index >= 15 is 0 Å². The topological polar surface area (TPSA) is 94.0 Å². The van der Waals surface area contributed by atoms with Crippen LogP contribution in [-0.4, -0.2) is 67.9 Å². The second kappa shape index (κ2) is 7.81. The third-order valence-corrected chi connectivity index (χ3v) is 6.82. The first-order chi connectivity index (χ1) is 10.9. The van der Waals surface area contributed by atoms with Gasteiger partial charge in [0.2, 0.25) is 10.0 Å². The second-order valence-electron chi connectivity index (χ2n) is 6.64. The van der Waals surface area contributed by atoms with Crippen molar-refractivity contribution in [2.75, 3.05) is 32.4 Å². The highest BCUT2D eigenvalue weighted by Gasteiger charge is 2.34. The van der Waals surface area contributed by atoms with Gasteiger partial charge in [-0.05, 0) is 38.5 Å². The quantitative estimate of drug-likeness (QED) is 0.474. The van der Waals surface area contributed by atoms with Crippen molar-refractivity contribution in [1.82, 2.24) is 14.9 Å². The standard InChI is InChI=1S/C15H30N4O3S/c1-3-11-23(21,22)19-9-5-13(6-10-19)18-14(16-2)17-12-15(20)7-4-8-15/h13,20H,3-12H2,1-2H3,(H2,16,17,18). The van der Waals surface area contributed by atoms with Gasteiger partial charge in [-0.1, -0.05) is 6.92 Å². The molecule has 0 atom stereocenters. The highest BCUT2D eigenvalue weighted by Crippen LogP contribution is 2.30. The molecule has 3 N–H and O–H groups in total. The molecule has 7 nitrogen and oxygen atoms in total. The van der Waals surface area contributed by atoms with E-state index in [1.807, 2.05) is 6.92 Å². The van der Waals surface area contributed by atoms with Gasteiger partial charge in [0.05, 0.1) is 11.4 Å². The number of nitrogens with one attached hydrogen (secondary N) is 2. The summed E-state index contributed by atoms with van der Waals surface area (Å²) in [5, 5.41) is 16.6. The van der Waals surface area contributed by atoms with Crippen molar-refractivity contribution in [1.29, 1.82) is 0 Å². The van der Waals surface area contributed by atoms with E-state index in [4.69, 9.17) is 0 Å². The van der Waals surface area contributed by atoms with Gasteiger partial charge in [-0.25, -0.2) is 12.7 Å². The molecule has 2 fully saturated rings. The highest BCUT2D eigenvalue weighted by molar-refractivity contribution is 7.89. The van der Waals surface area contributed by atoms with Crippen LogP contribution < -0.4 is 10.6 Å². The zero-order valence-corrected chi connectivity index (χ0v) is 15.0. The number of hydrogen-bond donors (Lipinski definition) is 3. The van der Waals surface area contributed by atoms with E-state index in [1.54, 1.807) is 11.4 Å². The molecule has 0 aromatic carbocycles. The van der Waals surface area contributed by atoms with Gasteiger partial charge >= 0.3 is 0 Å². The van der Waals surface area contributed by atoms with Gasteiger partial charge in [-0.3, -0.25) is 4.99 Å². The predicted octanol–water partition coefficient (Wildman–Crippen LogP) is 0.271. The second-order valence-corrected chi connectivity index (χ2v) is 8.73. The van der Waals surface area contributed by atoms with Gasteiger partial charge in [-0.2, -0.15) is 0 Å². The molecule has 23 heavy (non-hydrogen) atoms. The first-order valence-corrected chi connectivity index (χ1v) is 10.2. The smallest absolute Gasteiger partial charge is 0.214 e. The molecular formula is C15H30N4O3S. The summed E-state index contributed by atoms with van der Waals surface area (Å²) in [7, 11) is -1.38. The molecule has 0 radical (unpaired) electrons. The van der Waals surface area contributed by atoms with E-state index in [9.17, 15) is 13.5 Å². The summed E-state index contributed by atoms with van der Waals surface area (Å²) in [6.07, 6.45) is 4.95. The van der Waals surface area contributed by atoms with Gasteiger partial charge in [0, 0.05) is 32.7 Å². The molecule has 0 spiro atoms. The Morgan fingerprint density at radius 1 is 1.35 bits per heavy atom. The van der Waals surface area contributed by atoms with Crippen LogP contribution in [0.15, 0.2) is 4.99 Å². The summed E-state index contributed by atoms with van der Waals surface area (Å²) in [5.41, 5.74) is -0.588. The van der Waals surface area contributed by atoms with E-state index < -0.39 is 15.6 Å². The van der Waals surface area contributed by atoms with Crippen LogP contribution in [0.5, 0.6) is 0 Å². The molecule has 1 aliphatic heterocycles. The number of aliphatic hydroxyl groups is 1. The van der Waals surface area contributed by atoms with Crippen LogP contribution in [0.1, 0.15) is 45.4 Å². The monoisotopic (exact) mass is 346 g/mol. The Bertz CT molecular complexity index is 509. The lowest BCUT2D eigenvalue weighted by Gasteiger charge is -2.37. The first kappa shape index (κ1) is 18.5. The highest BCUT2D eigenvalue weighted by atomic mass is 32.2. The summed E-state index contributed by atoms with van der Waals surface area (Å²) in [6.45, 7) is 3.51. The number of piperidine rings is 1. The fourth-order valence-electron chi connectivity index (χ4n) is 3.06. The van der Waals surface area contributed by atoms with Gasteiger partial charge < -0.3 is 15.7 Å². The molecule has 0 bridgehead atoms. The average molecular weight is 346 g/mol. The first-order valence-electron chi connectivity index (χ1n) is 8.56. The minimum Gasteiger partial charge on any atom is -0.388 e. The van der Waals surface area contributed by atoms with Gasteiger partial charge in [0.1, 0.15) is 0 Å². The van der Waals surface area contributed by atoms with Crippen molar-refractivity contribution >= 4 is 16.0 Å². The Labute approximate surface area is 139 Å². The van der Waals surface area contributed by atoms with Crippen molar-refractivity contribution < 1.29 is 13.5 Å². The SMILES string of the molecule is CCCS(=O)(=O)N1CCC(NC(=NC)NCC2(O)CCC2)CC1. The van der Waals surface area contributed by atoms with Crippen LogP contribution in [0, 0.1) is 0 Å². The molecule has 134 valence electrons. The van der Waals surface area contributed by atoms with E-state index in [0.29, 0.717) is 32.0 Å². The maximum Gasteiger partial charge on any atom is 0.214 e. The lowest BCUT2D eigenvalue weighted by molar-refractivity contribution is -0.0279. The normalized spacial score (nSPS) is 23.3. The third-order valence-electron chi connectivity index (χ3n) is 4.74. The number of nitrogens with zero attached hydrogens (tertiary/aromatic N) is 2. The summed E-state index contributed by atoms with van der Waals surface area (Å²) in [4.78, 5) is 4.19. The molecule has 8 heteroatoms. The molecular weight excluding hydrogens is 316 g/mol. The Hall–Kier alpha value is -0.860. The molecule has 1 saturated heterocycles. The van der Waals surface area contributed by atoms with Crippen molar-refractivity contribution in [3.05, 3.63) is 0 Å². The third kappa shape index (κ3) is 5.06. The van der Waals surface area contributed by atoms with E-state index in [0.717, 1.165) is 32.1 Å². The van der Waals surface area contributed by atoms with Crippen LogP contribution >= 0.6 is 0 Å². The maximum atomic E-state index is 12.1. The van der Waals surface area contributed by atoms with Crippen molar-refractivity contribution in [2.24, 2.45) is 4.99 Å². The molecule has 0 unspecified atom stereocenters. The number of rotatable bonds is 6. The number of hydrogen-bond acceptors (Lipinski definition) is 4. The van der Waals surface area contributed by atoms with Crippen molar-refractivity contribution in [3.8, 4) is 0 Å². The Morgan fingerprint density at radius 3 is 2.48 bits per heavy atom. The minimum atomic E-state index is -3.09. The summed E-state index contributed by atoms with van der Waals surface area (Å²) >= 11 is 0. The lowest BCUT2D eigenvalue weighted by Crippen LogP contribution is -2.54. The lowest BCUT2D eigenvalue weighted by atomic mass is 9.80. The fraction of sp³-hybridized carbons (Fsp3) is 0.933. The zero-order chi connectivity index (χ0) is 16.9. The molecule has 2 rings (SSSR count). The Balaban J connectivity index is 1.76. The van der Waals surface area contributed by atoms with Crippen molar-refractivity contribution in [2.45, 2.75) is 57.1 Å². The maximum absolute atomic E-state index is 12.1. The van der Waals surface area contributed by atoms with Crippen LogP contribution in [0.4, 0.5) is 0 Å². The van der Waals surface area contributed by atoms with Crippen LogP contribution in [-0.2, 0) is 10.0 Å². The number of aliphatic imine (C=N–C) groups is 1. The average Bonchev–Trinajstić information content (AvgIpc) is 2.50. The number of sulfonamides is 1. The molecule has 0 amide bonds. The molecule has 2 aliphatic rings. The van der Waals surface area contributed by atoms with Crippen LogP contribution in [0.3, 0.4) is 0 Å². The zero-order valence-electron chi connectivity index (χ0n) is 14.2. The van der Waals surface area contributed by atoms with Crippen LogP contribution in [0.25, 0.3) is 0 Å². The number of guanidine groups is 1. The predicted molar refractivity (Wildman–Crippen MR) is 92.0 cm³/mol. The van der Waals surface area contributed by atoms with Crippen molar-refractivity contribution in [3.63, 3.8) is 0 Å². The summed E-state index contributed by atoms with van der Waals surface area (Å²) in [5.74, 6) is 0.910. The Morgan fingerprint density at radius 2 is 2.00 bits per heavy atom. The van der Waals surface area contributed by atoms with E-state index in [1.165, 1.54) is 0 Å². The van der Waals surface area contributed by atoms with E-state index in [-0.39, 0.29) is 11.8 Å². The van der Waals surface area contributed by atoms with Gasteiger partial charge in [0.15, 0.2) is 5.96 Å². The van der Waals surface area contributed by atoms with E-state index in [2.05, 4.69) is 15.6 Å². The summed E-state index contributed by atoms with van der Waals surface area (Å²) in [6, 6.07) is 0.213. The fourth-order valence-corrected chi connectivity index (χ4v) is 4.60. The van der Waals surface area contributed by atoms with Gasteiger partial charge in [0.25, 0.3) is 0 Å². The Kier molecular flexibility index (Phi) is 6.27. The van der Waals surface area contributed by atoms with Gasteiger partial charge in [-0.15, -0.1) is 0 Å². The van der Waals surface area contributed by atoms with Crippen LogP contribution in [0.2, 0.25) is 0 Å². The molecule has 0 aromatic rings. The molecule has 1 aliphatic carbocycles. The summed E-state index contributed by atoms with van der Waals surface area (Å²) < 4.78 is 25.7. The molecule has 1 heterocycles. The molecule has 0 aromatic heterocycles. The largest absolute Gasteiger partial charge is 0.388 e. The minimum absolute atomic E-state index is 0.213. The molecule has 1 saturated carbocycles.